The van der Waals surface area contributed by atoms with Crippen LogP contribution >= 0.6 is 11.6 Å². The highest BCUT2D eigenvalue weighted by Crippen LogP contribution is 2.21. The summed E-state index contributed by atoms with van der Waals surface area (Å²) >= 11 is 5.84. The van der Waals surface area contributed by atoms with Crippen LogP contribution in [0.4, 0.5) is 11.4 Å². The molecule has 2 aromatic carbocycles. The van der Waals surface area contributed by atoms with Crippen LogP contribution in [0.5, 0.6) is 0 Å². The molecule has 102 valence electrons. The van der Waals surface area contributed by atoms with Crippen LogP contribution in [0.3, 0.4) is 0 Å². The summed E-state index contributed by atoms with van der Waals surface area (Å²) in [6, 6.07) is 11.3. The Bertz CT molecular complexity index is 683. The fourth-order valence-corrected chi connectivity index (χ4v) is 1.98. The average molecular weight is 289 g/mol. The topological polar surface area (TPSA) is 72.2 Å². The normalized spacial score (nSPS) is 10.1. The summed E-state index contributed by atoms with van der Waals surface area (Å²) < 4.78 is 0. The number of anilines is 2. The molecule has 2 rings (SSSR count). The van der Waals surface area contributed by atoms with Gasteiger partial charge in [0, 0.05) is 21.8 Å². The first-order valence-electron chi connectivity index (χ1n) is 5.95. The Kier molecular flexibility index (Phi) is 4.05. The zero-order chi connectivity index (χ0) is 14.7. The van der Waals surface area contributed by atoms with Gasteiger partial charge in [0.2, 0.25) is 0 Å². The van der Waals surface area contributed by atoms with Crippen molar-refractivity contribution in [3.63, 3.8) is 0 Å². The Labute approximate surface area is 121 Å². The van der Waals surface area contributed by atoms with E-state index >= 15 is 0 Å². The molecule has 0 atom stereocenters. The summed E-state index contributed by atoms with van der Waals surface area (Å²) in [4.78, 5) is 23.7. The molecule has 0 saturated carbocycles. The van der Waals surface area contributed by atoms with Crippen LogP contribution in [0.15, 0.2) is 42.5 Å². The Morgan fingerprint density at radius 2 is 1.90 bits per heavy atom. The molecule has 0 unspecified atom stereocenters. The van der Waals surface area contributed by atoms with Crippen LogP contribution in [-0.4, -0.2) is 11.7 Å². The molecule has 3 N–H and O–H groups in total. The number of carbonyl (C=O) groups is 2. The van der Waals surface area contributed by atoms with E-state index in [4.69, 9.17) is 17.3 Å². The van der Waals surface area contributed by atoms with Crippen molar-refractivity contribution in [1.82, 2.24) is 0 Å². The van der Waals surface area contributed by atoms with Crippen molar-refractivity contribution in [3.8, 4) is 0 Å². The van der Waals surface area contributed by atoms with Gasteiger partial charge in [-0.3, -0.25) is 9.59 Å². The van der Waals surface area contributed by atoms with Crippen molar-refractivity contribution in [1.29, 1.82) is 0 Å². The Morgan fingerprint density at radius 3 is 2.55 bits per heavy atom. The summed E-state index contributed by atoms with van der Waals surface area (Å²) in [6.07, 6.45) is 0. The predicted molar refractivity (Wildman–Crippen MR) is 80.3 cm³/mol. The van der Waals surface area contributed by atoms with Crippen LogP contribution in [0.1, 0.15) is 27.6 Å². The maximum Gasteiger partial charge on any atom is 0.255 e. The van der Waals surface area contributed by atoms with Gasteiger partial charge >= 0.3 is 0 Å². The predicted octanol–water partition coefficient (Wildman–Crippen LogP) is 3.38. The van der Waals surface area contributed by atoms with Gasteiger partial charge in [-0.25, -0.2) is 0 Å². The molecule has 20 heavy (non-hydrogen) atoms. The van der Waals surface area contributed by atoms with E-state index in [9.17, 15) is 9.59 Å². The number of benzene rings is 2. The van der Waals surface area contributed by atoms with E-state index in [-0.39, 0.29) is 11.7 Å². The van der Waals surface area contributed by atoms with Crippen molar-refractivity contribution < 1.29 is 9.59 Å². The maximum atomic E-state index is 12.1. The zero-order valence-corrected chi connectivity index (χ0v) is 11.6. The largest absolute Gasteiger partial charge is 0.399 e. The Balaban J connectivity index is 2.30. The minimum atomic E-state index is -0.334. The van der Waals surface area contributed by atoms with Crippen molar-refractivity contribution in [2.45, 2.75) is 6.92 Å². The van der Waals surface area contributed by atoms with Gasteiger partial charge in [0.25, 0.3) is 5.91 Å². The van der Waals surface area contributed by atoms with Gasteiger partial charge in [0.15, 0.2) is 5.78 Å². The minimum absolute atomic E-state index is 0.168. The van der Waals surface area contributed by atoms with Crippen LogP contribution in [0, 0.1) is 0 Å². The maximum absolute atomic E-state index is 12.1. The van der Waals surface area contributed by atoms with Crippen LogP contribution in [0.25, 0.3) is 0 Å². The molecule has 0 bridgehead atoms. The first-order chi connectivity index (χ1) is 9.47. The average Bonchev–Trinajstić information content (AvgIpc) is 2.40. The number of hydrogen-bond donors (Lipinski definition) is 2. The van der Waals surface area contributed by atoms with Crippen LogP contribution < -0.4 is 11.1 Å². The molecular weight excluding hydrogens is 276 g/mol. The highest BCUT2D eigenvalue weighted by atomic mass is 35.5. The number of halogens is 1. The molecule has 0 aliphatic rings. The molecule has 1 amide bonds. The van der Waals surface area contributed by atoms with Gasteiger partial charge in [0.05, 0.1) is 5.69 Å². The fraction of sp³-hybridized carbons (Fsp3) is 0.0667. The van der Waals surface area contributed by atoms with Gasteiger partial charge in [-0.05, 0) is 43.3 Å². The van der Waals surface area contributed by atoms with E-state index < -0.39 is 0 Å². The van der Waals surface area contributed by atoms with E-state index in [1.807, 2.05) is 0 Å². The molecule has 0 spiro atoms. The Morgan fingerprint density at radius 1 is 1.15 bits per heavy atom. The standard InChI is InChI=1S/C15H13ClN2O2/c1-9(19)13-8-12(17)5-6-14(13)18-15(20)10-3-2-4-11(16)7-10/h2-8H,17H2,1H3,(H,18,20). The van der Waals surface area contributed by atoms with Crippen molar-refractivity contribution >= 4 is 34.7 Å². The number of carbonyl (C=O) groups excluding carboxylic acids is 2. The highest BCUT2D eigenvalue weighted by Gasteiger charge is 2.12. The van der Waals surface area contributed by atoms with Crippen molar-refractivity contribution in [2.24, 2.45) is 0 Å². The number of ketones is 1. The van der Waals surface area contributed by atoms with Gasteiger partial charge in [-0.15, -0.1) is 0 Å². The summed E-state index contributed by atoms with van der Waals surface area (Å²) in [5.41, 5.74) is 7.34. The molecule has 0 heterocycles. The second kappa shape index (κ2) is 5.75. The summed E-state index contributed by atoms with van der Waals surface area (Å²) in [7, 11) is 0. The number of rotatable bonds is 3. The number of nitrogens with two attached hydrogens (primary N) is 1. The number of nitrogens with one attached hydrogen (secondary N) is 1. The van der Waals surface area contributed by atoms with E-state index in [2.05, 4.69) is 5.32 Å². The first-order valence-corrected chi connectivity index (χ1v) is 6.32. The molecule has 0 aromatic heterocycles. The second-order valence-electron chi connectivity index (χ2n) is 4.33. The van der Waals surface area contributed by atoms with Gasteiger partial charge < -0.3 is 11.1 Å². The second-order valence-corrected chi connectivity index (χ2v) is 4.76. The molecule has 0 aliphatic carbocycles. The fourth-order valence-electron chi connectivity index (χ4n) is 1.79. The molecule has 2 aromatic rings. The van der Waals surface area contributed by atoms with Crippen LogP contribution in [0.2, 0.25) is 5.02 Å². The van der Waals surface area contributed by atoms with Crippen LogP contribution in [-0.2, 0) is 0 Å². The van der Waals surface area contributed by atoms with Gasteiger partial charge in [-0.1, -0.05) is 17.7 Å². The van der Waals surface area contributed by atoms with Gasteiger partial charge in [0.1, 0.15) is 0 Å². The smallest absolute Gasteiger partial charge is 0.255 e. The lowest BCUT2D eigenvalue weighted by atomic mass is 10.1. The molecule has 0 fully saturated rings. The van der Waals surface area contributed by atoms with E-state index in [1.54, 1.807) is 36.4 Å². The van der Waals surface area contributed by atoms with Crippen molar-refractivity contribution in [2.75, 3.05) is 11.1 Å². The molecule has 0 saturated heterocycles. The van der Waals surface area contributed by atoms with Gasteiger partial charge in [-0.2, -0.15) is 0 Å². The number of amides is 1. The molecular formula is C15H13ClN2O2. The lowest BCUT2D eigenvalue weighted by Crippen LogP contribution is -2.14. The summed E-state index contributed by atoms with van der Waals surface area (Å²) in [5, 5.41) is 3.16. The first kappa shape index (κ1) is 14.1. The third-order valence-corrected chi connectivity index (χ3v) is 2.99. The molecule has 5 heteroatoms. The SMILES string of the molecule is CC(=O)c1cc(N)ccc1NC(=O)c1cccc(Cl)c1. The van der Waals surface area contributed by atoms with E-state index in [1.165, 1.54) is 13.0 Å². The van der Waals surface area contributed by atoms with E-state index in [0.717, 1.165) is 0 Å². The third kappa shape index (κ3) is 3.16. The summed E-state index contributed by atoms with van der Waals surface area (Å²) in [5.74, 6) is -0.501. The monoisotopic (exact) mass is 288 g/mol. The molecule has 4 nitrogen and oxygen atoms in total. The highest BCUT2D eigenvalue weighted by molar-refractivity contribution is 6.31. The lowest BCUT2D eigenvalue weighted by molar-refractivity contribution is 0.101. The molecule has 0 radical (unpaired) electrons. The zero-order valence-electron chi connectivity index (χ0n) is 10.8. The number of hydrogen-bond acceptors (Lipinski definition) is 3. The number of nitrogen functional groups attached to an aromatic ring is 1. The van der Waals surface area contributed by atoms with E-state index in [0.29, 0.717) is 27.5 Å². The lowest BCUT2D eigenvalue weighted by Gasteiger charge is -2.10. The third-order valence-electron chi connectivity index (χ3n) is 2.76. The quantitative estimate of drug-likeness (QED) is 0.672. The minimum Gasteiger partial charge on any atom is -0.399 e. The molecule has 0 aliphatic heterocycles. The Hall–Kier alpha value is -2.33. The van der Waals surface area contributed by atoms with Crippen molar-refractivity contribution in [3.05, 3.63) is 58.6 Å². The summed E-state index contributed by atoms with van der Waals surface area (Å²) in [6.45, 7) is 1.42. The number of Topliss-reactive ketones (excluding diaryl/α,β-unsaturated/α-hetero) is 1.